The van der Waals surface area contributed by atoms with Gasteiger partial charge in [0, 0.05) is 68.8 Å². The minimum absolute atomic E-state index is 0.0560. The lowest BCUT2D eigenvalue weighted by atomic mass is 9.39. The van der Waals surface area contributed by atoms with E-state index >= 15 is 0 Å². The number of aryl methyl sites for hydroxylation is 2. The minimum Gasteiger partial charge on any atom is -0.398 e. The molecule has 436 valence electrons. The van der Waals surface area contributed by atoms with E-state index in [1.54, 1.807) is 76.9 Å². The first-order valence-electron chi connectivity index (χ1n) is 36.0. The molecule has 0 radical (unpaired) electrons. The quantitative estimate of drug-likeness (QED) is 0.0903. The van der Waals surface area contributed by atoms with Gasteiger partial charge in [-0.2, -0.15) is 0 Å². The molecule has 0 aliphatic heterocycles. The fourth-order valence-corrected chi connectivity index (χ4v) is 28.8. The SMILES string of the molecule is CC1C2=CC=CC3=Cc4cc5cc6cc7c8c9c(cc%10cc%11c%12c%13c%14cc(c%15cc%16c%17c%18c(c4C(C32)C2C1C=C1C=c3cc4ccc%19cc%20cc%21cc%22c%23c%24c%21c(c%20c(N)c%19c4cc3[C@](C)(C%17)C1C%182)[C@@H]1C(N)C%141C%24C=%12C1C(=Cc2cccc(c2C%231)C=%22)C=%11)c5c%16c6c%158)c9c%10%13)CC7. The second kappa shape index (κ2) is 13.0. The van der Waals surface area contributed by atoms with E-state index in [9.17, 15) is 0 Å². The number of benzene rings is 15. The largest absolute Gasteiger partial charge is 0.398 e. The zero-order chi connectivity index (χ0) is 60.1. The fraction of sp³-hybridized carbons (Fsp3) is 0.204. The van der Waals surface area contributed by atoms with Crippen LogP contribution in [0.15, 0.2) is 150 Å². The van der Waals surface area contributed by atoms with Gasteiger partial charge in [0.05, 0.1) is 0 Å². The van der Waals surface area contributed by atoms with Crippen molar-refractivity contribution in [3.05, 3.63) is 248 Å². The van der Waals surface area contributed by atoms with Gasteiger partial charge in [0.2, 0.25) is 0 Å². The average molecular weight is 1200 g/mol. The number of allylic oxidation sites excluding steroid dienone is 8. The van der Waals surface area contributed by atoms with Gasteiger partial charge in [-0.3, -0.25) is 0 Å². The summed E-state index contributed by atoms with van der Waals surface area (Å²) in [5, 5.41) is 40.3. The molecule has 15 aromatic carbocycles. The third-order valence-electron chi connectivity index (χ3n) is 31.2. The van der Waals surface area contributed by atoms with Crippen LogP contribution in [0.1, 0.15) is 121 Å². The highest BCUT2D eigenvalue weighted by molar-refractivity contribution is 6.46. The summed E-state index contributed by atoms with van der Waals surface area (Å²) in [6, 6.07) is 44.3. The number of anilines is 1. The van der Waals surface area contributed by atoms with Gasteiger partial charge in [-0.1, -0.05) is 110 Å². The molecule has 4 N–H and O–H groups in total. The lowest BCUT2D eigenvalue weighted by molar-refractivity contribution is 0.0872. The highest BCUT2D eigenvalue weighted by Gasteiger charge is 2.75. The van der Waals surface area contributed by atoms with E-state index in [2.05, 4.69) is 172 Å². The number of nitrogen functional groups attached to an aromatic ring is 1. The van der Waals surface area contributed by atoms with E-state index in [0.717, 1.165) is 24.9 Å². The summed E-state index contributed by atoms with van der Waals surface area (Å²) < 4.78 is 0. The number of hydrogen-bond acceptors (Lipinski definition) is 2. The molecule has 2 fully saturated rings. The normalized spacial score (nSPS) is 31.5. The summed E-state index contributed by atoms with van der Waals surface area (Å²) in [6.45, 7) is 5.39. The molecule has 2 saturated carbocycles. The van der Waals surface area contributed by atoms with Crippen molar-refractivity contribution in [2.75, 3.05) is 5.73 Å². The minimum atomic E-state index is -0.406. The molecule has 16 aliphatic rings. The van der Waals surface area contributed by atoms with Gasteiger partial charge in [-0.25, -0.2) is 0 Å². The molecule has 0 aromatic heterocycles. The molecule has 2 nitrogen and oxygen atoms in total. The van der Waals surface area contributed by atoms with E-state index in [0.29, 0.717) is 41.4 Å². The maximum atomic E-state index is 8.61. The van der Waals surface area contributed by atoms with Crippen LogP contribution in [0, 0.1) is 35.5 Å². The molecule has 31 rings (SSSR count). The molecule has 2 heteroatoms. The lowest BCUT2D eigenvalue weighted by Gasteiger charge is -2.63. The summed E-state index contributed by atoms with van der Waals surface area (Å²) >= 11 is 0. The van der Waals surface area contributed by atoms with Crippen molar-refractivity contribution in [1.82, 2.24) is 0 Å². The van der Waals surface area contributed by atoms with Crippen molar-refractivity contribution in [2.24, 2.45) is 41.2 Å². The van der Waals surface area contributed by atoms with Crippen molar-refractivity contribution in [3.63, 3.8) is 0 Å². The molecule has 12 unspecified atom stereocenters. The Labute approximate surface area is 542 Å². The third-order valence-corrected chi connectivity index (χ3v) is 31.2. The molecule has 95 heavy (non-hydrogen) atoms. The monoisotopic (exact) mass is 1200 g/mol. The summed E-state index contributed by atoms with van der Waals surface area (Å²) in [6.07, 6.45) is 26.7. The van der Waals surface area contributed by atoms with E-state index in [-0.39, 0.29) is 35.1 Å². The van der Waals surface area contributed by atoms with Crippen LogP contribution in [0.25, 0.3) is 165 Å². The van der Waals surface area contributed by atoms with Gasteiger partial charge >= 0.3 is 0 Å². The molecule has 14 atom stereocenters. The molecule has 0 heterocycles. The summed E-state index contributed by atoms with van der Waals surface area (Å²) in [5.74, 6) is 3.46. The molecule has 0 saturated heterocycles. The van der Waals surface area contributed by atoms with E-state index < -0.39 is 5.41 Å². The Bertz CT molecular complexity index is 7430. The van der Waals surface area contributed by atoms with Crippen LogP contribution in [-0.4, -0.2) is 6.04 Å². The van der Waals surface area contributed by atoms with Gasteiger partial charge < -0.3 is 11.5 Å². The molecule has 15 aromatic rings. The second-order valence-corrected chi connectivity index (χ2v) is 33.9. The van der Waals surface area contributed by atoms with Crippen molar-refractivity contribution in [3.8, 4) is 0 Å². The highest BCUT2D eigenvalue weighted by Crippen LogP contribution is 2.80. The molecular formula is C93H54N2. The zero-order valence-corrected chi connectivity index (χ0v) is 52.2. The van der Waals surface area contributed by atoms with Crippen LogP contribution in [0.5, 0.6) is 0 Å². The Morgan fingerprint density at radius 3 is 2.07 bits per heavy atom. The van der Waals surface area contributed by atoms with Crippen LogP contribution in [0.4, 0.5) is 5.69 Å². The van der Waals surface area contributed by atoms with E-state index in [4.69, 9.17) is 11.5 Å². The maximum Gasteiger partial charge on any atom is 0.0482 e. The average Bonchev–Trinajstić information content (AvgIpc) is 1.52. The molecule has 16 aliphatic carbocycles. The second-order valence-electron chi connectivity index (χ2n) is 33.9. The summed E-state index contributed by atoms with van der Waals surface area (Å²) in [5.41, 5.74) is 46.9. The van der Waals surface area contributed by atoms with Crippen LogP contribution < -0.4 is 32.3 Å². The lowest BCUT2D eigenvalue weighted by Crippen LogP contribution is -2.57. The highest BCUT2D eigenvalue weighted by atomic mass is 14.9. The van der Waals surface area contributed by atoms with Gasteiger partial charge in [-0.05, 0) is 355 Å². The first-order chi connectivity index (χ1) is 46.7. The predicted octanol–water partition coefficient (Wildman–Crippen LogP) is 17.0. The first kappa shape index (κ1) is 45.5. The van der Waals surface area contributed by atoms with Crippen molar-refractivity contribution >= 4 is 171 Å². The van der Waals surface area contributed by atoms with Crippen molar-refractivity contribution < 1.29 is 0 Å². The Morgan fingerprint density at radius 2 is 1.19 bits per heavy atom. The zero-order valence-electron chi connectivity index (χ0n) is 52.2. The topological polar surface area (TPSA) is 52.0 Å². The summed E-state index contributed by atoms with van der Waals surface area (Å²) in [7, 11) is 0. The number of hydrogen-bond donors (Lipinski definition) is 2. The summed E-state index contributed by atoms with van der Waals surface area (Å²) in [4.78, 5) is 0. The van der Waals surface area contributed by atoms with Crippen LogP contribution >= 0.6 is 0 Å². The van der Waals surface area contributed by atoms with Gasteiger partial charge in [0.15, 0.2) is 0 Å². The Balaban J connectivity index is 0.885. The molecule has 12 bridgehead atoms. The van der Waals surface area contributed by atoms with Crippen LogP contribution in [-0.2, 0) is 30.1 Å². The Hall–Kier alpha value is -9.86. The van der Waals surface area contributed by atoms with Gasteiger partial charge in [0.1, 0.15) is 0 Å². The molecule has 1 spiro atoms. The maximum absolute atomic E-state index is 8.61. The number of nitrogens with two attached hydrogens (primary N) is 2. The van der Waals surface area contributed by atoms with Crippen LogP contribution in [0.2, 0.25) is 0 Å². The van der Waals surface area contributed by atoms with Gasteiger partial charge in [-0.15, -0.1) is 0 Å². The van der Waals surface area contributed by atoms with Gasteiger partial charge in [0.25, 0.3) is 0 Å². The number of rotatable bonds is 0. The fourth-order valence-electron chi connectivity index (χ4n) is 28.8. The third kappa shape index (κ3) is 4.03. The van der Waals surface area contributed by atoms with Crippen molar-refractivity contribution in [2.45, 2.75) is 79.6 Å². The molecular weight excluding hydrogens is 1150 g/mol. The standard InChI is InChI=1S/C93H54N2/c1-32-51-8-4-7-36-16-43-23-46-21-41-18-38-11-12-39-19-42-22-47-24-44-14-34-5-3-6-35-15-45-25-48-26-49-17-37-10-9-33-13-40-20-50-27-52(32)74-81(61(36)51)69(43)82-67(46)76-55-28-54-56-30-59-79(66(42)77(56)64(39)63(38)75(54)65(41)76)68(47)83-70(44)80(60(34)35)71(45)84-72(48)85(89-91(95)93(59,89)88(83)84)73(49)90(94)62(37)53(33)29-58(40)92(2)31-57(55)78(82)86(74)87(50)92/h3-10,13-30,32,52,61,70,74,80-81,86-89,91H,11-12,31,94-95H2,1-2H3/t32?,52?,61?,70?,74?,80?,81?,86?,87?,88?,89-,91?,92+,93?/m1/s1. The van der Waals surface area contributed by atoms with E-state index in [1.807, 2.05) is 0 Å². The van der Waals surface area contributed by atoms with Crippen molar-refractivity contribution in [1.29, 1.82) is 0 Å². The van der Waals surface area contributed by atoms with E-state index in [1.165, 1.54) is 179 Å². The Kier molecular flexibility index (Phi) is 6.24. The predicted molar refractivity (Wildman–Crippen MR) is 391 cm³/mol. The Morgan fingerprint density at radius 1 is 0.474 bits per heavy atom. The van der Waals surface area contributed by atoms with Crippen LogP contribution in [0.3, 0.4) is 0 Å². The first-order valence-corrected chi connectivity index (χ1v) is 36.0. The molecule has 0 amide bonds. The smallest absolute Gasteiger partial charge is 0.0482 e.